The van der Waals surface area contributed by atoms with E-state index in [9.17, 15) is 14.4 Å². The topological polar surface area (TPSA) is 119 Å². The van der Waals surface area contributed by atoms with Crippen molar-refractivity contribution in [3.8, 4) is 5.95 Å². The Bertz CT molecular complexity index is 913. The Hall–Kier alpha value is -3.10. The van der Waals surface area contributed by atoms with E-state index in [4.69, 9.17) is 0 Å². The van der Waals surface area contributed by atoms with Gasteiger partial charge in [0.15, 0.2) is 0 Å². The van der Waals surface area contributed by atoms with Crippen molar-refractivity contribution in [2.75, 3.05) is 0 Å². The van der Waals surface area contributed by atoms with Crippen molar-refractivity contribution in [2.24, 2.45) is 0 Å². The summed E-state index contributed by atoms with van der Waals surface area (Å²) in [5.41, 5.74) is 3.91. The van der Waals surface area contributed by atoms with Crippen LogP contribution >= 0.6 is 0 Å². The fraction of sp³-hybridized carbons (Fsp3) is 0.444. The van der Waals surface area contributed by atoms with Crippen LogP contribution in [0.15, 0.2) is 6.07 Å². The van der Waals surface area contributed by atoms with Gasteiger partial charge >= 0.3 is 0 Å². The zero-order chi connectivity index (χ0) is 19.7. The number of aryl methyl sites for hydroxylation is 3. The van der Waals surface area contributed by atoms with Crippen molar-refractivity contribution in [1.29, 1.82) is 0 Å². The maximum absolute atomic E-state index is 12.4. The summed E-state index contributed by atoms with van der Waals surface area (Å²) < 4.78 is 1.63. The maximum atomic E-state index is 12.4. The van der Waals surface area contributed by atoms with Crippen molar-refractivity contribution >= 4 is 17.7 Å². The standard InChI is InChI=1S/C18H22N6O3/c1-9-7-10(2)20-18(19-9)24-12(4)13(11(3)23-24)8-16(26)21-14-5-6-15(25)22-17(14)27/h7,14H,5-6,8H2,1-4H3,(H,21,26)(H,22,25,27). The second kappa shape index (κ2) is 7.26. The number of carbonyl (C=O) groups is 3. The van der Waals surface area contributed by atoms with Gasteiger partial charge in [-0.25, -0.2) is 14.6 Å². The highest BCUT2D eigenvalue weighted by Crippen LogP contribution is 2.17. The summed E-state index contributed by atoms with van der Waals surface area (Å²) in [6.07, 6.45) is 0.612. The molecule has 9 nitrogen and oxygen atoms in total. The van der Waals surface area contributed by atoms with E-state index in [2.05, 4.69) is 25.7 Å². The van der Waals surface area contributed by atoms with Gasteiger partial charge in [0.2, 0.25) is 17.7 Å². The minimum atomic E-state index is -0.686. The van der Waals surface area contributed by atoms with Crippen molar-refractivity contribution in [3.63, 3.8) is 0 Å². The molecule has 2 N–H and O–H groups in total. The Labute approximate surface area is 156 Å². The highest BCUT2D eigenvalue weighted by Gasteiger charge is 2.28. The molecule has 0 bridgehead atoms. The maximum Gasteiger partial charge on any atom is 0.251 e. The van der Waals surface area contributed by atoms with Crippen molar-refractivity contribution in [1.82, 2.24) is 30.4 Å². The predicted octanol–water partition coefficient (Wildman–Crippen LogP) is 0.360. The Balaban J connectivity index is 1.77. The normalized spacial score (nSPS) is 17.0. The SMILES string of the molecule is Cc1cc(C)nc(-n2nc(C)c(CC(=O)NC3CCC(=O)NC3=O)c2C)n1. The smallest absolute Gasteiger partial charge is 0.251 e. The van der Waals surface area contributed by atoms with Crippen LogP contribution in [0.5, 0.6) is 0 Å². The van der Waals surface area contributed by atoms with Gasteiger partial charge in [0.05, 0.1) is 12.1 Å². The number of amides is 3. The molecule has 142 valence electrons. The first-order valence-corrected chi connectivity index (χ1v) is 8.75. The van der Waals surface area contributed by atoms with Crippen LogP contribution in [0, 0.1) is 27.7 Å². The minimum absolute atomic E-state index is 0.0835. The third-order valence-electron chi connectivity index (χ3n) is 4.51. The second-order valence-electron chi connectivity index (χ2n) is 6.76. The molecule has 0 aliphatic carbocycles. The van der Waals surface area contributed by atoms with E-state index in [0.717, 1.165) is 22.6 Å². The molecule has 1 aliphatic heterocycles. The molecule has 3 amide bonds. The van der Waals surface area contributed by atoms with E-state index in [-0.39, 0.29) is 24.7 Å². The highest BCUT2D eigenvalue weighted by molar-refractivity contribution is 6.01. The molecule has 0 aromatic carbocycles. The molecule has 0 saturated carbocycles. The molecular weight excluding hydrogens is 348 g/mol. The predicted molar refractivity (Wildman–Crippen MR) is 96.1 cm³/mol. The number of aromatic nitrogens is 4. The van der Waals surface area contributed by atoms with Gasteiger partial charge in [-0.05, 0) is 40.2 Å². The summed E-state index contributed by atoms with van der Waals surface area (Å²) in [6.45, 7) is 7.45. The van der Waals surface area contributed by atoms with Crippen LogP contribution in [0.2, 0.25) is 0 Å². The fourth-order valence-electron chi connectivity index (χ4n) is 3.16. The van der Waals surface area contributed by atoms with Crippen LogP contribution in [0.1, 0.15) is 41.2 Å². The third-order valence-corrected chi connectivity index (χ3v) is 4.51. The largest absolute Gasteiger partial charge is 0.344 e. The molecule has 27 heavy (non-hydrogen) atoms. The zero-order valence-electron chi connectivity index (χ0n) is 15.8. The van der Waals surface area contributed by atoms with E-state index in [1.54, 1.807) is 4.68 Å². The van der Waals surface area contributed by atoms with Crippen molar-refractivity contribution in [3.05, 3.63) is 34.4 Å². The highest BCUT2D eigenvalue weighted by atomic mass is 16.2. The molecule has 3 heterocycles. The third kappa shape index (κ3) is 4.02. The van der Waals surface area contributed by atoms with Crippen LogP contribution in [0.4, 0.5) is 0 Å². The molecule has 3 rings (SSSR count). The first-order chi connectivity index (χ1) is 12.7. The lowest BCUT2D eigenvalue weighted by atomic mass is 10.0. The summed E-state index contributed by atoms with van der Waals surface area (Å²) in [5, 5.41) is 9.39. The molecule has 0 radical (unpaired) electrons. The Morgan fingerprint density at radius 3 is 2.52 bits per heavy atom. The number of hydrogen-bond donors (Lipinski definition) is 2. The summed E-state index contributed by atoms with van der Waals surface area (Å²) in [7, 11) is 0. The van der Waals surface area contributed by atoms with Crippen LogP contribution in [0.3, 0.4) is 0 Å². The Morgan fingerprint density at radius 1 is 1.22 bits per heavy atom. The molecule has 1 aliphatic rings. The van der Waals surface area contributed by atoms with E-state index in [1.165, 1.54) is 0 Å². The van der Waals surface area contributed by atoms with Gasteiger partial charge in [-0.2, -0.15) is 5.10 Å². The van der Waals surface area contributed by atoms with Crippen molar-refractivity contribution in [2.45, 2.75) is 53.0 Å². The summed E-state index contributed by atoms with van der Waals surface area (Å²) in [6, 6.07) is 1.19. The van der Waals surface area contributed by atoms with Crippen LogP contribution in [-0.4, -0.2) is 43.5 Å². The number of nitrogens with zero attached hydrogens (tertiary/aromatic N) is 4. The van der Waals surface area contributed by atoms with Gasteiger partial charge in [-0.1, -0.05) is 0 Å². The number of piperidine rings is 1. The summed E-state index contributed by atoms with van der Waals surface area (Å²) in [4.78, 5) is 44.3. The molecule has 0 spiro atoms. The van der Waals surface area contributed by atoms with Gasteiger partial charge in [-0.3, -0.25) is 19.7 Å². The minimum Gasteiger partial charge on any atom is -0.344 e. The number of nitrogens with one attached hydrogen (secondary N) is 2. The monoisotopic (exact) mass is 370 g/mol. The van der Waals surface area contributed by atoms with Crippen LogP contribution in [-0.2, 0) is 20.8 Å². The Morgan fingerprint density at radius 2 is 1.89 bits per heavy atom. The zero-order valence-corrected chi connectivity index (χ0v) is 15.8. The van der Waals surface area contributed by atoms with Gasteiger partial charge in [0, 0.05) is 29.1 Å². The lowest BCUT2D eigenvalue weighted by Crippen LogP contribution is -2.52. The molecule has 2 aromatic heterocycles. The van der Waals surface area contributed by atoms with E-state index in [0.29, 0.717) is 18.1 Å². The van der Waals surface area contributed by atoms with E-state index < -0.39 is 11.9 Å². The number of imide groups is 1. The molecule has 9 heteroatoms. The van der Waals surface area contributed by atoms with Crippen LogP contribution in [0.25, 0.3) is 5.95 Å². The van der Waals surface area contributed by atoms with Gasteiger partial charge in [0.1, 0.15) is 6.04 Å². The summed E-state index contributed by atoms with van der Waals surface area (Å²) >= 11 is 0. The van der Waals surface area contributed by atoms with Crippen LogP contribution < -0.4 is 10.6 Å². The summed E-state index contributed by atoms with van der Waals surface area (Å²) in [5.74, 6) is -0.610. The number of rotatable bonds is 4. The molecule has 2 aromatic rings. The van der Waals surface area contributed by atoms with E-state index in [1.807, 2.05) is 33.8 Å². The lowest BCUT2D eigenvalue weighted by molar-refractivity contribution is -0.137. The van der Waals surface area contributed by atoms with Gasteiger partial charge in [0.25, 0.3) is 5.95 Å². The molecular formula is C18H22N6O3. The van der Waals surface area contributed by atoms with E-state index >= 15 is 0 Å². The number of carbonyl (C=O) groups excluding carboxylic acids is 3. The first-order valence-electron chi connectivity index (χ1n) is 8.75. The molecule has 1 fully saturated rings. The van der Waals surface area contributed by atoms with Crippen molar-refractivity contribution < 1.29 is 14.4 Å². The lowest BCUT2D eigenvalue weighted by Gasteiger charge is -2.21. The molecule has 1 atom stereocenters. The fourth-order valence-corrected chi connectivity index (χ4v) is 3.16. The second-order valence-corrected chi connectivity index (χ2v) is 6.76. The van der Waals surface area contributed by atoms with Gasteiger partial charge in [-0.15, -0.1) is 0 Å². The van der Waals surface area contributed by atoms with Gasteiger partial charge < -0.3 is 5.32 Å². The first kappa shape index (κ1) is 18.7. The average molecular weight is 370 g/mol. The quantitative estimate of drug-likeness (QED) is 0.750. The Kier molecular flexibility index (Phi) is 5.02. The average Bonchev–Trinajstić information content (AvgIpc) is 2.85. The molecule has 1 saturated heterocycles. The number of hydrogen-bond acceptors (Lipinski definition) is 6. The molecule has 1 unspecified atom stereocenters.